The number of piperidine rings is 1. The van der Waals surface area contributed by atoms with Crippen LogP contribution in [0.5, 0.6) is 0 Å². The van der Waals surface area contributed by atoms with E-state index >= 15 is 0 Å². The predicted molar refractivity (Wildman–Crippen MR) is 117 cm³/mol. The first kappa shape index (κ1) is 19.2. The maximum atomic E-state index is 13.0. The van der Waals surface area contributed by atoms with Crippen LogP contribution in [0.2, 0.25) is 0 Å². The molecule has 1 aliphatic rings. The van der Waals surface area contributed by atoms with Gasteiger partial charge in [0.1, 0.15) is 0 Å². The second-order valence-electron chi connectivity index (χ2n) is 7.80. The van der Waals surface area contributed by atoms with Crippen LogP contribution >= 0.6 is 0 Å². The van der Waals surface area contributed by atoms with Gasteiger partial charge in [-0.1, -0.05) is 60.7 Å². The summed E-state index contributed by atoms with van der Waals surface area (Å²) >= 11 is 0. The van der Waals surface area contributed by atoms with Gasteiger partial charge in [0.05, 0.1) is 12.3 Å². The summed E-state index contributed by atoms with van der Waals surface area (Å²) in [5, 5.41) is 5.30. The minimum absolute atomic E-state index is 0.00182. The van der Waals surface area contributed by atoms with Gasteiger partial charge in [-0.05, 0) is 47.7 Å². The Bertz CT molecular complexity index is 1040. The lowest BCUT2D eigenvalue weighted by atomic mass is 9.95. The summed E-state index contributed by atoms with van der Waals surface area (Å²) < 4.78 is 0. The van der Waals surface area contributed by atoms with E-state index in [4.69, 9.17) is 0 Å². The average Bonchev–Trinajstić information content (AvgIpc) is 2.75. The lowest BCUT2D eigenvalue weighted by molar-refractivity contribution is -0.133. The second kappa shape index (κ2) is 8.48. The van der Waals surface area contributed by atoms with Gasteiger partial charge >= 0.3 is 0 Å². The molecule has 1 heterocycles. The van der Waals surface area contributed by atoms with Crippen LogP contribution in [-0.4, -0.2) is 29.8 Å². The zero-order valence-electron chi connectivity index (χ0n) is 16.7. The molecule has 1 saturated heterocycles. The van der Waals surface area contributed by atoms with Crippen LogP contribution in [0.1, 0.15) is 24.0 Å². The fourth-order valence-corrected chi connectivity index (χ4v) is 4.09. The number of fused-ring (bicyclic) bond motifs is 1. The first-order valence-electron chi connectivity index (χ1n) is 10.2. The number of carbonyl (C=O) groups is 2. The van der Waals surface area contributed by atoms with Gasteiger partial charge in [-0.15, -0.1) is 0 Å². The van der Waals surface area contributed by atoms with E-state index in [1.807, 2.05) is 60.4 Å². The number of carbonyl (C=O) groups excluding carboxylic acids is 2. The topological polar surface area (TPSA) is 49.4 Å². The monoisotopic (exact) mass is 386 g/mol. The third kappa shape index (κ3) is 4.32. The van der Waals surface area contributed by atoms with Crippen LogP contribution in [0.4, 0.5) is 5.69 Å². The van der Waals surface area contributed by atoms with Gasteiger partial charge in [0.15, 0.2) is 0 Å². The van der Waals surface area contributed by atoms with Gasteiger partial charge < -0.3 is 10.2 Å². The molecule has 1 atom stereocenters. The van der Waals surface area contributed by atoms with Crippen molar-refractivity contribution in [2.24, 2.45) is 5.92 Å². The number of rotatable bonds is 4. The van der Waals surface area contributed by atoms with Crippen molar-refractivity contribution in [3.05, 3.63) is 77.9 Å². The van der Waals surface area contributed by atoms with Gasteiger partial charge in [0, 0.05) is 18.8 Å². The van der Waals surface area contributed by atoms with Crippen molar-refractivity contribution in [2.45, 2.75) is 26.2 Å². The first-order chi connectivity index (χ1) is 14.1. The third-order valence-electron chi connectivity index (χ3n) is 5.77. The third-order valence-corrected chi connectivity index (χ3v) is 5.77. The Kier molecular flexibility index (Phi) is 5.61. The van der Waals surface area contributed by atoms with E-state index in [1.165, 1.54) is 0 Å². The number of anilines is 1. The molecule has 4 nitrogen and oxygen atoms in total. The first-order valence-corrected chi connectivity index (χ1v) is 10.2. The van der Waals surface area contributed by atoms with Crippen LogP contribution in [0.3, 0.4) is 0 Å². The molecule has 0 unspecified atom stereocenters. The number of nitrogens with one attached hydrogen (secondary N) is 1. The Balaban J connectivity index is 1.43. The molecule has 4 rings (SSSR count). The number of aryl methyl sites for hydroxylation is 1. The van der Waals surface area contributed by atoms with Crippen LogP contribution in [0.15, 0.2) is 66.7 Å². The maximum Gasteiger partial charge on any atom is 0.229 e. The molecule has 3 aromatic rings. The Morgan fingerprint density at radius 3 is 2.62 bits per heavy atom. The maximum absolute atomic E-state index is 13.0. The van der Waals surface area contributed by atoms with Gasteiger partial charge in [-0.25, -0.2) is 0 Å². The molecule has 1 aliphatic heterocycles. The molecule has 0 bridgehead atoms. The van der Waals surface area contributed by atoms with E-state index in [9.17, 15) is 9.59 Å². The second-order valence-corrected chi connectivity index (χ2v) is 7.80. The average molecular weight is 386 g/mol. The highest BCUT2D eigenvalue weighted by atomic mass is 16.2. The van der Waals surface area contributed by atoms with Crippen molar-refractivity contribution in [1.29, 1.82) is 0 Å². The molecule has 2 amide bonds. The van der Waals surface area contributed by atoms with Gasteiger partial charge in [-0.2, -0.15) is 0 Å². The Hall–Kier alpha value is -3.14. The number of hydrogen-bond donors (Lipinski definition) is 1. The van der Waals surface area contributed by atoms with E-state index in [-0.39, 0.29) is 17.7 Å². The Labute approximate surface area is 171 Å². The zero-order chi connectivity index (χ0) is 20.2. The number of hydrogen-bond acceptors (Lipinski definition) is 2. The van der Waals surface area contributed by atoms with E-state index in [0.29, 0.717) is 13.0 Å². The van der Waals surface area contributed by atoms with Gasteiger partial charge in [0.2, 0.25) is 11.8 Å². The highest BCUT2D eigenvalue weighted by Crippen LogP contribution is 2.23. The van der Waals surface area contributed by atoms with Crippen LogP contribution in [0, 0.1) is 12.8 Å². The fraction of sp³-hybridized carbons (Fsp3) is 0.280. The number of para-hydroxylation sites is 1. The van der Waals surface area contributed by atoms with Crippen molar-refractivity contribution in [1.82, 2.24) is 4.90 Å². The van der Waals surface area contributed by atoms with E-state index < -0.39 is 0 Å². The molecule has 1 N–H and O–H groups in total. The molecule has 4 heteroatoms. The molecular formula is C25H26N2O2. The normalized spacial score (nSPS) is 16.6. The molecule has 3 aromatic carbocycles. The predicted octanol–water partition coefficient (Wildman–Crippen LogP) is 4.57. The molecule has 148 valence electrons. The van der Waals surface area contributed by atoms with Gasteiger partial charge in [0.25, 0.3) is 0 Å². The van der Waals surface area contributed by atoms with Crippen LogP contribution in [-0.2, 0) is 16.0 Å². The molecule has 0 aliphatic carbocycles. The molecular weight excluding hydrogens is 360 g/mol. The minimum Gasteiger partial charge on any atom is -0.342 e. The number of amides is 2. The minimum atomic E-state index is -0.167. The summed E-state index contributed by atoms with van der Waals surface area (Å²) in [6, 6.07) is 22.0. The Morgan fingerprint density at radius 1 is 1.00 bits per heavy atom. The molecule has 0 aromatic heterocycles. The van der Waals surface area contributed by atoms with Gasteiger partial charge in [-0.3, -0.25) is 9.59 Å². The number of nitrogens with zero attached hydrogens (tertiary/aromatic N) is 1. The lowest BCUT2D eigenvalue weighted by Crippen LogP contribution is -2.44. The Morgan fingerprint density at radius 2 is 1.76 bits per heavy atom. The fourth-order valence-electron chi connectivity index (χ4n) is 4.09. The van der Waals surface area contributed by atoms with Crippen LogP contribution in [0.25, 0.3) is 10.8 Å². The summed E-state index contributed by atoms with van der Waals surface area (Å²) in [5.41, 5.74) is 2.93. The standard InChI is InChI=1S/C25H26N2O2/c1-18-8-2-5-14-23(18)26-25(29)21-12-7-15-27(17-21)24(28)16-20-11-6-10-19-9-3-4-13-22(19)20/h2-6,8-11,13-14,21H,7,12,15-17H2,1H3,(H,26,29)/t21-/m0/s1. The van der Waals surface area contributed by atoms with Crippen molar-refractivity contribution >= 4 is 28.3 Å². The van der Waals surface area contributed by atoms with Crippen molar-refractivity contribution in [3.63, 3.8) is 0 Å². The lowest BCUT2D eigenvalue weighted by Gasteiger charge is -2.32. The highest BCUT2D eigenvalue weighted by Gasteiger charge is 2.28. The summed E-state index contributed by atoms with van der Waals surface area (Å²) in [4.78, 5) is 27.6. The molecule has 29 heavy (non-hydrogen) atoms. The molecule has 0 radical (unpaired) electrons. The van der Waals surface area contributed by atoms with Crippen molar-refractivity contribution < 1.29 is 9.59 Å². The summed E-state index contributed by atoms with van der Waals surface area (Å²) in [6.07, 6.45) is 2.04. The van der Waals surface area contributed by atoms with Crippen molar-refractivity contribution in [2.75, 3.05) is 18.4 Å². The molecule has 1 fully saturated rings. The summed E-state index contributed by atoms with van der Waals surface area (Å²) in [7, 11) is 0. The van der Waals surface area contributed by atoms with Crippen molar-refractivity contribution in [3.8, 4) is 0 Å². The smallest absolute Gasteiger partial charge is 0.229 e. The van der Waals surface area contributed by atoms with E-state index in [1.54, 1.807) is 0 Å². The SMILES string of the molecule is Cc1ccccc1NC(=O)[C@H]1CCCN(C(=O)Cc2cccc3ccccc23)C1. The summed E-state index contributed by atoms with van der Waals surface area (Å²) in [5.74, 6) is -0.0727. The molecule has 0 saturated carbocycles. The highest BCUT2D eigenvalue weighted by molar-refractivity contribution is 5.94. The quantitative estimate of drug-likeness (QED) is 0.714. The van der Waals surface area contributed by atoms with E-state index in [2.05, 4.69) is 23.5 Å². The zero-order valence-corrected chi connectivity index (χ0v) is 16.7. The molecule has 0 spiro atoms. The largest absolute Gasteiger partial charge is 0.342 e. The number of likely N-dealkylation sites (tertiary alicyclic amines) is 1. The van der Waals surface area contributed by atoms with Crippen LogP contribution < -0.4 is 5.32 Å². The summed E-state index contributed by atoms with van der Waals surface area (Å²) in [6.45, 7) is 3.19. The number of benzene rings is 3. The van der Waals surface area contributed by atoms with E-state index in [0.717, 1.165) is 47.0 Å².